The van der Waals surface area contributed by atoms with Crippen LogP contribution in [0.15, 0.2) is 29.1 Å². The molecule has 2 heterocycles. The van der Waals surface area contributed by atoms with Crippen LogP contribution in [0.5, 0.6) is 0 Å². The number of fused-ring (bicyclic) bond motifs is 1. The fourth-order valence-corrected chi connectivity index (χ4v) is 3.16. The highest BCUT2D eigenvalue weighted by atomic mass is 19.4. The maximum absolute atomic E-state index is 13.2. The fraction of sp³-hybridized carbons (Fsp3) is 0.474. The summed E-state index contributed by atoms with van der Waals surface area (Å²) in [6.07, 6.45) is -3.89. The normalized spacial score (nSPS) is 15.8. The van der Waals surface area contributed by atoms with Crippen molar-refractivity contribution in [1.29, 1.82) is 0 Å². The van der Waals surface area contributed by atoms with Crippen LogP contribution < -0.4 is 5.56 Å². The summed E-state index contributed by atoms with van der Waals surface area (Å²) < 4.78 is 39.6. The maximum Gasteiger partial charge on any atom is 0.416 e. The molecule has 0 atom stereocenters. The number of alkyl halides is 3. The summed E-state index contributed by atoms with van der Waals surface area (Å²) in [5.74, 6) is 0.596. The minimum absolute atomic E-state index is 0.143. The van der Waals surface area contributed by atoms with Gasteiger partial charge in [-0.3, -0.25) is 9.69 Å². The number of aromatic amines is 1. The van der Waals surface area contributed by atoms with Crippen molar-refractivity contribution in [2.75, 3.05) is 6.54 Å². The van der Waals surface area contributed by atoms with E-state index in [4.69, 9.17) is 0 Å². The zero-order chi connectivity index (χ0) is 19.1. The largest absolute Gasteiger partial charge is 0.416 e. The molecule has 1 aromatic carbocycles. The second-order valence-corrected chi connectivity index (χ2v) is 7.71. The number of H-pyrrole nitrogens is 1. The van der Waals surface area contributed by atoms with Gasteiger partial charge in [0.2, 0.25) is 0 Å². The maximum atomic E-state index is 13.2. The van der Waals surface area contributed by atoms with Gasteiger partial charge in [-0.2, -0.15) is 13.2 Å². The van der Waals surface area contributed by atoms with Gasteiger partial charge in [0.1, 0.15) is 5.82 Å². The van der Waals surface area contributed by atoms with Gasteiger partial charge in [0.05, 0.1) is 11.3 Å². The van der Waals surface area contributed by atoms with Gasteiger partial charge in [0.15, 0.2) is 0 Å². The Morgan fingerprint density at radius 3 is 2.54 bits per heavy atom. The summed E-state index contributed by atoms with van der Waals surface area (Å²) in [6.45, 7) is 6.94. The summed E-state index contributed by atoms with van der Waals surface area (Å²) in [4.78, 5) is 21.7. The van der Waals surface area contributed by atoms with E-state index >= 15 is 0 Å². The minimum Gasteiger partial charge on any atom is -0.310 e. The first-order valence-corrected chi connectivity index (χ1v) is 8.55. The van der Waals surface area contributed by atoms with E-state index in [1.54, 1.807) is 6.07 Å². The lowest BCUT2D eigenvalue weighted by Gasteiger charge is -2.29. The van der Waals surface area contributed by atoms with Crippen molar-refractivity contribution in [1.82, 2.24) is 14.9 Å². The second-order valence-electron chi connectivity index (χ2n) is 7.71. The molecule has 1 aliphatic heterocycles. The van der Waals surface area contributed by atoms with Crippen molar-refractivity contribution in [2.45, 2.75) is 51.9 Å². The van der Waals surface area contributed by atoms with Crippen molar-refractivity contribution >= 4 is 0 Å². The molecular weight excluding hydrogens is 343 g/mol. The van der Waals surface area contributed by atoms with Crippen LogP contribution in [0.3, 0.4) is 0 Å². The molecule has 7 heteroatoms. The molecule has 0 unspecified atom stereocenters. The van der Waals surface area contributed by atoms with Gasteiger partial charge in [0.25, 0.3) is 5.56 Å². The summed E-state index contributed by atoms with van der Waals surface area (Å²) in [6, 6.07) is 5.62. The molecule has 0 bridgehead atoms. The number of nitrogens with one attached hydrogen (secondary N) is 1. The Labute approximate surface area is 150 Å². The highest BCUT2D eigenvalue weighted by Crippen LogP contribution is 2.33. The van der Waals surface area contributed by atoms with Crippen LogP contribution in [0, 0.1) is 0 Å². The molecule has 1 N–H and O–H groups in total. The van der Waals surface area contributed by atoms with Gasteiger partial charge in [-0.25, -0.2) is 4.98 Å². The standard InChI is InChI=1S/C19H22F3N3O/c1-18(2,3)17-23-15-11-25(9-8-13(15)16(26)24-17)10-12-6-4-5-7-14(12)19(20,21)22/h4-7H,8-11H2,1-3H3,(H,23,24,26). The molecular formula is C19H22F3N3O. The highest BCUT2D eigenvalue weighted by Gasteiger charge is 2.33. The van der Waals surface area contributed by atoms with E-state index < -0.39 is 11.7 Å². The van der Waals surface area contributed by atoms with Crippen molar-refractivity contribution in [3.63, 3.8) is 0 Å². The first-order valence-electron chi connectivity index (χ1n) is 8.55. The molecule has 0 saturated carbocycles. The van der Waals surface area contributed by atoms with E-state index in [-0.39, 0.29) is 23.1 Å². The van der Waals surface area contributed by atoms with Crippen molar-refractivity contribution < 1.29 is 13.2 Å². The molecule has 0 radical (unpaired) electrons. The Morgan fingerprint density at radius 2 is 1.88 bits per heavy atom. The van der Waals surface area contributed by atoms with Crippen LogP contribution >= 0.6 is 0 Å². The second kappa shape index (κ2) is 6.54. The van der Waals surface area contributed by atoms with Crippen molar-refractivity contribution in [3.8, 4) is 0 Å². The third-order valence-electron chi connectivity index (χ3n) is 4.58. The first kappa shape index (κ1) is 18.6. The molecule has 1 aliphatic rings. The van der Waals surface area contributed by atoms with Crippen molar-refractivity contribution in [3.05, 3.63) is 62.8 Å². The third kappa shape index (κ3) is 3.82. The number of benzene rings is 1. The third-order valence-corrected chi connectivity index (χ3v) is 4.58. The van der Waals surface area contributed by atoms with E-state index in [0.29, 0.717) is 36.6 Å². The Balaban J connectivity index is 1.88. The molecule has 1 aromatic heterocycles. The SMILES string of the molecule is CC(C)(C)c1nc2c(c(=O)[nH]1)CCN(Cc1ccccc1C(F)(F)F)C2. The number of rotatable bonds is 2. The van der Waals surface area contributed by atoms with E-state index in [2.05, 4.69) is 9.97 Å². The molecule has 0 aliphatic carbocycles. The highest BCUT2D eigenvalue weighted by molar-refractivity contribution is 5.30. The molecule has 26 heavy (non-hydrogen) atoms. The van der Waals surface area contributed by atoms with Gasteiger partial charge in [-0.15, -0.1) is 0 Å². The number of aromatic nitrogens is 2. The van der Waals surface area contributed by atoms with Crippen molar-refractivity contribution in [2.24, 2.45) is 0 Å². The molecule has 0 spiro atoms. The fourth-order valence-electron chi connectivity index (χ4n) is 3.16. The Hall–Kier alpha value is -2.15. The topological polar surface area (TPSA) is 49.0 Å². The quantitative estimate of drug-likeness (QED) is 0.884. The average molecular weight is 365 g/mol. The van der Waals surface area contributed by atoms with Crippen LogP contribution in [0.4, 0.5) is 13.2 Å². The summed E-state index contributed by atoms with van der Waals surface area (Å²) in [7, 11) is 0. The van der Waals surface area contributed by atoms with E-state index in [1.807, 2.05) is 25.7 Å². The van der Waals surface area contributed by atoms with Gasteiger partial charge in [0, 0.05) is 30.6 Å². The average Bonchev–Trinajstić information content (AvgIpc) is 2.53. The summed E-state index contributed by atoms with van der Waals surface area (Å²) >= 11 is 0. The molecule has 0 amide bonds. The van der Waals surface area contributed by atoms with E-state index in [9.17, 15) is 18.0 Å². The van der Waals surface area contributed by atoms with Crippen LogP contribution in [0.25, 0.3) is 0 Å². The van der Waals surface area contributed by atoms with Gasteiger partial charge in [-0.1, -0.05) is 39.0 Å². The van der Waals surface area contributed by atoms with Crippen LogP contribution in [-0.2, 0) is 31.1 Å². The summed E-state index contributed by atoms with van der Waals surface area (Å²) in [5, 5.41) is 0. The number of halogens is 3. The molecule has 0 fully saturated rings. The first-order chi connectivity index (χ1) is 12.1. The number of hydrogen-bond acceptors (Lipinski definition) is 3. The Kier molecular flexibility index (Phi) is 4.69. The predicted molar refractivity (Wildman–Crippen MR) is 92.8 cm³/mol. The van der Waals surface area contributed by atoms with Gasteiger partial charge < -0.3 is 4.98 Å². The lowest BCUT2D eigenvalue weighted by Crippen LogP contribution is -2.37. The monoisotopic (exact) mass is 365 g/mol. The lowest BCUT2D eigenvalue weighted by atomic mass is 9.94. The Morgan fingerprint density at radius 1 is 1.19 bits per heavy atom. The zero-order valence-electron chi connectivity index (χ0n) is 15.1. The van der Waals surface area contributed by atoms with Gasteiger partial charge >= 0.3 is 6.18 Å². The lowest BCUT2D eigenvalue weighted by molar-refractivity contribution is -0.138. The van der Waals surface area contributed by atoms with Crippen LogP contribution in [0.1, 0.15) is 49.0 Å². The zero-order valence-corrected chi connectivity index (χ0v) is 15.1. The predicted octanol–water partition coefficient (Wildman–Crippen LogP) is 3.64. The number of nitrogens with zero attached hydrogens (tertiary/aromatic N) is 2. The minimum atomic E-state index is -4.38. The van der Waals surface area contributed by atoms with Crippen LogP contribution in [0.2, 0.25) is 0 Å². The smallest absolute Gasteiger partial charge is 0.310 e. The molecule has 4 nitrogen and oxygen atoms in total. The molecule has 2 aromatic rings. The number of hydrogen-bond donors (Lipinski definition) is 1. The summed E-state index contributed by atoms with van der Waals surface area (Å²) in [5.41, 5.74) is 0.478. The van der Waals surface area contributed by atoms with E-state index in [0.717, 1.165) is 6.07 Å². The van der Waals surface area contributed by atoms with Crippen LogP contribution in [-0.4, -0.2) is 21.4 Å². The molecule has 140 valence electrons. The Bertz CT molecular complexity index is 866. The molecule has 0 saturated heterocycles. The van der Waals surface area contributed by atoms with E-state index in [1.165, 1.54) is 12.1 Å². The van der Waals surface area contributed by atoms with Gasteiger partial charge in [-0.05, 0) is 18.1 Å². The molecule has 3 rings (SSSR count).